The molecular weight excluding hydrogens is 334 g/mol. The molecule has 2 nitrogen and oxygen atoms in total. The van der Waals surface area contributed by atoms with E-state index in [9.17, 15) is 5.11 Å². The number of hydrogen-bond acceptors (Lipinski definition) is 2. The molecule has 0 amide bonds. The summed E-state index contributed by atoms with van der Waals surface area (Å²) >= 11 is 6.86. The van der Waals surface area contributed by atoms with E-state index in [1.165, 1.54) is 6.42 Å². The van der Waals surface area contributed by atoms with Gasteiger partial charge in [-0.25, -0.2) is 0 Å². The molecule has 16 heavy (non-hydrogen) atoms. The fraction of sp³-hybridized carbons (Fsp3) is 0.500. The van der Waals surface area contributed by atoms with Crippen molar-refractivity contribution in [3.63, 3.8) is 0 Å². The summed E-state index contributed by atoms with van der Waals surface area (Å²) in [6.07, 6.45) is 3.00. The predicted octanol–water partition coefficient (Wildman–Crippen LogP) is 3.37. The zero-order chi connectivity index (χ0) is 11.7. The summed E-state index contributed by atoms with van der Waals surface area (Å²) < 4.78 is 1.96. The lowest BCUT2D eigenvalue weighted by molar-refractivity contribution is 0.0413. The zero-order valence-electron chi connectivity index (χ0n) is 8.87. The lowest BCUT2D eigenvalue weighted by Crippen LogP contribution is -2.36. The monoisotopic (exact) mass is 347 g/mol. The van der Waals surface area contributed by atoms with Gasteiger partial charge in [-0.3, -0.25) is 0 Å². The molecule has 1 fully saturated rings. The number of halogens is 2. The molecule has 1 aromatic rings. The van der Waals surface area contributed by atoms with Crippen LogP contribution in [-0.2, 0) is 0 Å². The van der Waals surface area contributed by atoms with E-state index in [1.807, 2.05) is 18.2 Å². The summed E-state index contributed by atoms with van der Waals surface area (Å²) in [5.74, 6) is 0.382. The van der Waals surface area contributed by atoms with Crippen molar-refractivity contribution in [3.8, 4) is 0 Å². The third-order valence-electron chi connectivity index (χ3n) is 3.27. The zero-order valence-corrected chi connectivity index (χ0v) is 12.0. The van der Waals surface area contributed by atoms with Crippen molar-refractivity contribution in [3.05, 3.63) is 32.7 Å². The highest BCUT2D eigenvalue weighted by atomic mass is 79.9. The molecule has 1 aliphatic rings. The van der Waals surface area contributed by atoms with Crippen LogP contribution in [0.25, 0.3) is 0 Å². The summed E-state index contributed by atoms with van der Waals surface area (Å²) in [5, 5.41) is 10.1. The Morgan fingerprint density at radius 3 is 2.19 bits per heavy atom. The Hall–Kier alpha value is 0.1000. The number of benzene rings is 1. The summed E-state index contributed by atoms with van der Waals surface area (Å²) in [6.45, 7) is 0. The third kappa shape index (κ3) is 2.67. The van der Waals surface area contributed by atoms with E-state index in [4.69, 9.17) is 5.73 Å². The van der Waals surface area contributed by atoms with Crippen molar-refractivity contribution in [2.45, 2.75) is 31.4 Å². The smallest absolute Gasteiger partial charge is 0.0760 e. The molecule has 0 bridgehead atoms. The van der Waals surface area contributed by atoms with Gasteiger partial charge in [-0.1, -0.05) is 38.3 Å². The highest BCUT2D eigenvalue weighted by Gasteiger charge is 2.30. The minimum atomic E-state index is -0.421. The summed E-state index contributed by atoms with van der Waals surface area (Å²) in [6, 6.07) is 5.61. The van der Waals surface area contributed by atoms with E-state index >= 15 is 0 Å². The summed E-state index contributed by atoms with van der Waals surface area (Å²) in [5.41, 5.74) is 7.07. The first-order chi connectivity index (χ1) is 7.58. The molecular formula is C12H15Br2NO. The molecule has 4 heteroatoms. The van der Waals surface area contributed by atoms with Gasteiger partial charge in [0.25, 0.3) is 0 Å². The van der Waals surface area contributed by atoms with Gasteiger partial charge in [0.2, 0.25) is 0 Å². The molecule has 0 aromatic heterocycles. The molecule has 0 spiro atoms. The van der Waals surface area contributed by atoms with E-state index in [2.05, 4.69) is 31.9 Å². The minimum absolute atomic E-state index is 0.293. The molecule has 1 saturated carbocycles. The van der Waals surface area contributed by atoms with E-state index in [1.54, 1.807) is 0 Å². The number of hydrogen-bond donors (Lipinski definition) is 2. The molecule has 0 heterocycles. The second kappa shape index (κ2) is 5.17. The van der Waals surface area contributed by atoms with Crippen LogP contribution in [0.4, 0.5) is 0 Å². The minimum Gasteiger partial charge on any atom is -0.391 e. The lowest BCUT2D eigenvalue weighted by atomic mass is 9.77. The topological polar surface area (TPSA) is 46.2 Å². The van der Waals surface area contributed by atoms with Crippen molar-refractivity contribution in [1.82, 2.24) is 0 Å². The molecule has 1 aromatic carbocycles. The summed E-state index contributed by atoms with van der Waals surface area (Å²) in [7, 11) is 0. The fourth-order valence-corrected chi connectivity index (χ4v) is 3.37. The second-order valence-corrected chi connectivity index (χ2v) is 6.24. The quantitative estimate of drug-likeness (QED) is 0.879. The number of rotatable bonds is 3. The van der Waals surface area contributed by atoms with E-state index < -0.39 is 6.10 Å². The summed E-state index contributed by atoms with van der Waals surface area (Å²) in [4.78, 5) is 0. The number of aliphatic hydroxyl groups is 1. The van der Waals surface area contributed by atoms with Gasteiger partial charge in [-0.15, -0.1) is 0 Å². The molecule has 3 N–H and O–H groups in total. The van der Waals surface area contributed by atoms with Gasteiger partial charge in [0.15, 0.2) is 0 Å². The Balaban J connectivity index is 2.15. The van der Waals surface area contributed by atoms with Crippen LogP contribution in [0, 0.1) is 5.92 Å². The van der Waals surface area contributed by atoms with Crippen LogP contribution in [0.1, 0.15) is 30.9 Å². The molecule has 88 valence electrons. The predicted molar refractivity (Wildman–Crippen MR) is 72.1 cm³/mol. The van der Waals surface area contributed by atoms with E-state index in [-0.39, 0.29) is 6.04 Å². The maximum absolute atomic E-state index is 10.1. The van der Waals surface area contributed by atoms with Gasteiger partial charge in [-0.05, 0) is 42.5 Å². The maximum atomic E-state index is 10.1. The molecule has 2 atom stereocenters. The highest BCUT2D eigenvalue weighted by Crippen LogP contribution is 2.35. The Bertz CT molecular complexity index is 359. The van der Waals surface area contributed by atoms with Gasteiger partial charge in [0.05, 0.1) is 12.1 Å². The fourth-order valence-electron chi connectivity index (χ4n) is 2.04. The van der Waals surface area contributed by atoms with Gasteiger partial charge in [0.1, 0.15) is 0 Å². The van der Waals surface area contributed by atoms with Crippen molar-refractivity contribution < 1.29 is 5.11 Å². The van der Waals surface area contributed by atoms with Crippen LogP contribution < -0.4 is 5.73 Å². The van der Waals surface area contributed by atoms with Crippen LogP contribution in [0.15, 0.2) is 27.1 Å². The SMILES string of the molecule is N[C@H](c1cc(Br)cc(Br)c1)[C@@H](O)C1CCC1. The molecule has 0 radical (unpaired) electrons. The standard InChI is InChI=1S/C12H15Br2NO/c13-9-4-8(5-10(14)6-9)11(15)12(16)7-2-1-3-7/h4-7,11-12,16H,1-3,15H2/t11-,12+/m1/s1. The first-order valence-electron chi connectivity index (χ1n) is 5.47. The van der Waals surface area contributed by atoms with Crippen molar-refractivity contribution in [2.75, 3.05) is 0 Å². The Kier molecular flexibility index (Phi) is 4.06. The van der Waals surface area contributed by atoms with Crippen molar-refractivity contribution in [2.24, 2.45) is 11.7 Å². The lowest BCUT2D eigenvalue weighted by Gasteiger charge is -2.33. The average Bonchev–Trinajstić information content (AvgIpc) is 2.12. The first kappa shape index (κ1) is 12.6. The highest BCUT2D eigenvalue weighted by molar-refractivity contribution is 9.11. The molecule has 0 aliphatic heterocycles. The average molecular weight is 349 g/mol. The van der Waals surface area contributed by atoms with Crippen molar-refractivity contribution >= 4 is 31.9 Å². The largest absolute Gasteiger partial charge is 0.391 e. The normalized spacial score (nSPS) is 20.2. The Labute approximate surface area is 112 Å². The molecule has 1 aliphatic carbocycles. The van der Waals surface area contributed by atoms with Gasteiger partial charge >= 0.3 is 0 Å². The van der Waals surface area contributed by atoms with Crippen LogP contribution in [0.2, 0.25) is 0 Å². The second-order valence-electron chi connectivity index (χ2n) is 4.41. The van der Waals surface area contributed by atoms with Crippen LogP contribution >= 0.6 is 31.9 Å². The number of nitrogens with two attached hydrogens (primary N) is 1. The van der Waals surface area contributed by atoms with Crippen LogP contribution in [0.5, 0.6) is 0 Å². The molecule has 0 saturated heterocycles. The van der Waals surface area contributed by atoms with Crippen LogP contribution in [0.3, 0.4) is 0 Å². The first-order valence-corrected chi connectivity index (χ1v) is 7.06. The van der Waals surface area contributed by atoms with E-state index in [0.29, 0.717) is 5.92 Å². The Morgan fingerprint density at radius 1 is 1.19 bits per heavy atom. The maximum Gasteiger partial charge on any atom is 0.0760 e. The van der Waals surface area contributed by atoms with Crippen molar-refractivity contribution in [1.29, 1.82) is 0 Å². The third-order valence-corrected chi connectivity index (χ3v) is 4.19. The molecule has 0 unspecified atom stereocenters. The van der Waals surface area contributed by atoms with Gasteiger partial charge in [-0.2, -0.15) is 0 Å². The van der Waals surface area contributed by atoms with Gasteiger partial charge < -0.3 is 10.8 Å². The van der Waals surface area contributed by atoms with Gasteiger partial charge in [0, 0.05) is 8.95 Å². The van der Waals surface area contributed by atoms with Crippen LogP contribution in [-0.4, -0.2) is 11.2 Å². The van der Waals surface area contributed by atoms with E-state index in [0.717, 1.165) is 27.4 Å². The number of aliphatic hydroxyl groups excluding tert-OH is 1. The molecule has 2 rings (SSSR count). The Morgan fingerprint density at radius 2 is 1.75 bits per heavy atom.